The Morgan fingerprint density at radius 2 is 1.63 bits per heavy atom. The summed E-state index contributed by atoms with van der Waals surface area (Å²) in [6.45, 7) is 1.70. The predicted octanol–water partition coefficient (Wildman–Crippen LogP) is 5.07. The van der Waals surface area contributed by atoms with Gasteiger partial charge in [0, 0.05) is 32.5 Å². The van der Waals surface area contributed by atoms with Crippen LogP contribution in [0.2, 0.25) is 0 Å². The number of carbonyl (C=O) groups is 2. The highest BCUT2D eigenvalue weighted by Crippen LogP contribution is 2.30. The average molecular weight is 565 g/mol. The summed E-state index contributed by atoms with van der Waals surface area (Å²) < 4.78 is 0. The molecule has 8 heteroatoms. The quantitative estimate of drug-likeness (QED) is 0.320. The highest BCUT2D eigenvalue weighted by atomic mass is 32.1. The number of nitrogens with one attached hydrogen (secondary N) is 1. The third-order valence-corrected chi connectivity index (χ3v) is 8.42. The Balaban J connectivity index is 1.32. The van der Waals surface area contributed by atoms with Gasteiger partial charge in [-0.25, -0.2) is 4.79 Å². The number of phenolic OH excluding ortho intramolecular Hbond substituents is 1. The molecule has 2 N–H and O–H groups in total. The van der Waals surface area contributed by atoms with E-state index in [1.165, 1.54) is 0 Å². The molecule has 0 unspecified atom stereocenters. The molecule has 208 valence electrons. The Kier molecular flexibility index (Phi) is 7.57. The Bertz CT molecular complexity index is 1570. The predicted molar refractivity (Wildman–Crippen MR) is 163 cm³/mol. The van der Waals surface area contributed by atoms with Crippen molar-refractivity contribution in [3.05, 3.63) is 114 Å². The third-order valence-electron chi connectivity index (χ3n) is 8.01. The standard InChI is InChI=1S/C33H32N4O3S/c38-27-15-13-23(14-16-27)19-29-32(39)35(21-26-11-6-10-25-9-4-5-12-28(25)26)22-30-36(18-17-31(41)37(29)30)33(40)34-20-24-7-2-1-3-8-24/h1-16,29-30,38H,17-22H2,(H,34,40)/t29-,30+/m1/s1. The Morgan fingerprint density at radius 1 is 0.902 bits per heavy atom. The number of aromatic hydroxyl groups is 1. The average Bonchev–Trinajstić information content (AvgIpc) is 3.00. The van der Waals surface area contributed by atoms with Crippen LogP contribution in [-0.4, -0.2) is 62.0 Å². The van der Waals surface area contributed by atoms with Crippen molar-refractivity contribution in [2.24, 2.45) is 0 Å². The van der Waals surface area contributed by atoms with Gasteiger partial charge < -0.3 is 25.1 Å². The lowest BCUT2D eigenvalue weighted by Gasteiger charge is -2.53. The van der Waals surface area contributed by atoms with E-state index in [0.717, 1.165) is 27.5 Å². The van der Waals surface area contributed by atoms with Gasteiger partial charge in [-0.1, -0.05) is 97.1 Å². The number of thiocarbonyl (C=S) groups is 1. The molecule has 2 heterocycles. The molecule has 0 saturated carbocycles. The van der Waals surface area contributed by atoms with Crippen molar-refractivity contribution in [2.75, 3.05) is 13.1 Å². The number of carbonyl (C=O) groups excluding carboxylic acids is 2. The van der Waals surface area contributed by atoms with Gasteiger partial charge in [-0.3, -0.25) is 4.79 Å². The molecular weight excluding hydrogens is 532 g/mol. The first-order valence-corrected chi connectivity index (χ1v) is 14.3. The van der Waals surface area contributed by atoms with Crippen LogP contribution < -0.4 is 5.32 Å². The summed E-state index contributed by atoms with van der Waals surface area (Å²) in [7, 11) is 0. The SMILES string of the molecule is O=C1[C@@H](Cc2ccc(O)cc2)N2C(=S)CCN(C(=O)NCc3ccccc3)[C@@H]2CN1Cc1cccc2ccccc12. The van der Waals surface area contributed by atoms with Crippen LogP contribution in [-0.2, 0) is 24.3 Å². The number of amides is 3. The zero-order valence-corrected chi connectivity index (χ0v) is 23.5. The van der Waals surface area contributed by atoms with Crippen molar-refractivity contribution >= 4 is 39.9 Å². The number of urea groups is 1. The number of fused-ring (bicyclic) bond motifs is 2. The van der Waals surface area contributed by atoms with Crippen LogP contribution in [0.1, 0.15) is 23.1 Å². The molecule has 3 amide bonds. The molecule has 2 saturated heterocycles. The van der Waals surface area contributed by atoms with E-state index in [4.69, 9.17) is 12.2 Å². The first-order chi connectivity index (χ1) is 20.0. The van der Waals surface area contributed by atoms with E-state index < -0.39 is 6.04 Å². The van der Waals surface area contributed by atoms with Crippen LogP contribution >= 0.6 is 12.2 Å². The minimum absolute atomic E-state index is 0.0175. The van der Waals surface area contributed by atoms with Crippen molar-refractivity contribution < 1.29 is 14.7 Å². The number of rotatable bonds is 6. The molecule has 7 nitrogen and oxygen atoms in total. The van der Waals surface area contributed by atoms with Crippen LogP contribution in [0.4, 0.5) is 4.79 Å². The number of hydrogen-bond acceptors (Lipinski definition) is 4. The second kappa shape index (κ2) is 11.6. The van der Waals surface area contributed by atoms with Gasteiger partial charge in [-0.05, 0) is 39.6 Å². The summed E-state index contributed by atoms with van der Waals surface area (Å²) in [6.07, 6.45) is 0.552. The fourth-order valence-electron chi connectivity index (χ4n) is 5.93. The van der Waals surface area contributed by atoms with E-state index in [2.05, 4.69) is 29.6 Å². The fourth-order valence-corrected chi connectivity index (χ4v) is 6.27. The summed E-state index contributed by atoms with van der Waals surface area (Å²) in [4.78, 5) is 34.1. The van der Waals surface area contributed by atoms with Gasteiger partial charge in [0.05, 0.1) is 11.5 Å². The maximum Gasteiger partial charge on any atom is 0.319 e. The molecule has 2 aliphatic heterocycles. The maximum atomic E-state index is 14.2. The molecule has 0 aliphatic carbocycles. The lowest BCUT2D eigenvalue weighted by molar-refractivity contribution is -0.146. The number of phenols is 1. The van der Waals surface area contributed by atoms with Crippen LogP contribution in [0.25, 0.3) is 10.8 Å². The molecule has 41 heavy (non-hydrogen) atoms. The Hall–Kier alpha value is -4.43. The molecule has 2 aliphatic rings. The molecule has 2 fully saturated rings. The number of benzene rings is 4. The Labute approximate surface area is 245 Å². The van der Waals surface area contributed by atoms with E-state index in [1.54, 1.807) is 12.1 Å². The van der Waals surface area contributed by atoms with E-state index in [1.807, 2.05) is 75.4 Å². The minimum Gasteiger partial charge on any atom is -0.508 e. The molecule has 4 aromatic carbocycles. The van der Waals surface area contributed by atoms with Gasteiger partial charge in [0.1, 0.15) is 18.0 Å². The van der Waals surface area contributed by atoms with E-state index >= 15 is 0 Å². The fraction of sp³-hybridized carbons (Fsp3) is 0.242. The smallest absolute Gasteiger partial charge is 0.319 e. The first-order valence-electron chi connectivity index (χ1n) is 13.9. The second-order valence-corrected chi connectivity index (χ2v) is 11.1. The van der Waals surface area contributed by atoms with Crippen LogP contribution in [0.3, 0.4) is 0 Å². The normalized spacial score (nSPS) is 18.9. The van der Waals surface area contributed by atoms with Gasteiger partial charge >= 0.3 is 6.03 Å². The Morgan fingerprint density at radius 3 is 2.44 bits per heavy atom. The van der Waals surface area contributed by atoms with Crippen LogP contribution in [0.15, 0.2) is 97.1 Å². The van der Waals surface area contributed by atoms with Gasteiger partial charge in [0.25, 0.3) is 0 Å². The van der Waals surface area contributed by atoms with E-state index in [9.17, 15) is 14.7 Å². The number of nitrogens with zero attached hydrogens (tertiary/aromatic N) is 3. The molecular formula is C33H32N4O3S. The maximum absolute atomic E-state index is 14.2. The zero-order chi connectivity index (χ0) is 28.3. The molecule has 0 aromatic heterocycles. The summed E-state index contributed by atoms with van der Waals surface area (Å²) in [6, 6.07) is 30.3. The number of hydrogen-bond donors (Lipinski definition) is 2. The molecule has 6 rings (SSSR count). The van der Waals surface area contributed by atoms with E-state index in [-0.39, 0.29) is 23.9 Å². The second-order valence-electron chi connectivity index (χ2n) is 10.6. The summed E-state index contributed by atoms with van der Waals surface area (Å²) in [5.41, 5.74) is 3.00. The molecule has 0 radical (unpaired) electrons. The first kappa shape index (κ1) is 26.8. The summed E-state index contributed by atoms with van der Waals surface area (Å²) in [5, 5.41) is 15.1. The topological polar surface area (TPSA) is 76.1 Å². The summed E-state index contributed by atoms with van der Waals surface area (Å²) in [5.74, 6) is 0.157. The number of piperazine rings is 1. The summed E-state index contributed by atoms with van der Waals surface area (Å²) >= 11 is 5.84. The largest absolute Gasteiger partial charge is 0.508 e. The van der Waals surface area contributed by atoms with Gasteiger partial charge in [0.2, 0.25) is 5.91 Å². The monoisotopic (exact) mass is 564 g/mol. The van der Waals surface area contributed by atoms with E-state index in [0.29, 0.717) is 44.0 Å². The highest BCUT2D eigenvalue weighted by Gasteiger charge is 2.47. The molecule has 2 atom stereocenters. The van der Waals surface area contributed by atoms with Crippen molar-refractivity contribution in [3.63, 3.8) is 0 Å². The van der Waals surface area contributed by atoms with Crippen molar-refractivity contribution in [2.45, 2.75) is 38.1 Å². The minimum atomic E-state index is -0.564. The molecule has 4 aromatic rings. The van der Waals surface area contributed by atoms with Gasteiger partial charge in [0.15, 0.2) is 0 Å². The van der Waals surface area contributed by atoms with Crippen molar-refractivity contribution in [1.82, 2.24) is 20.0 Å². The third kappa shape index (κ3) is 5.60. The molecule has 0 spiro atoms. The lowest BCUT2D eigenvalue weighted by Crippen LogP contribution is -2.71. The van der Waals surface area contributed by atoms with Crippen molar-refractivity contribution in [3.8, 4) is 5.75 Å². The zero-order valence-electron chi connectivity index (χ0n) is 22.6. The molecule has 0 bridgehead atoms. The lowest BCUT2D eigenvalue weighted by atomic mass is 9.96. The van der Waals surface area contributed by atoms with Gasteiger partial charge in [-0.15, -0.1) is 0 Å². The van der Waals surface area contributed by atoms with Crippen molar-refractivity contribution in [1.29, 1.82) is 0 Å². The highest BCUT2D eigenvalue weighted by molar-refractivity contribution is 7.80. The van der Waals surface area contributed by atoms with Crippen LogP contribution in [0, 0.1) is 0 Å². The van der Waals surface area contributed by atoms with Crippen LogP contribution in [0.5, 0.6) is 5.75 Å². The van der Waals surface area contributed by atoms with Gasteiger partial charge in [-0.2, -0.15) is 0 Å².